The molecule has 0 aromatic carbocycles. The minimum atomic E-state index is 0.562. The molecule has 0 radical (unpaired) electrons. The summed E-state index contributed by atoms with van der Waals surface area (Å²) in [5.41, 5.74) is 0.661. The molecule has 0 spiro atoms. The van der Waals surface area contributed by atoms with Gasteiger partial charge in [-0.05, 0) is 22.9 Å². The molecule has 0 aliphatic carbocycles. The van der Waals surface area contributed by atoms with Gasteiger partial charge in [0, 0.05) is 25.1 Å². The van der Waals surface area contributed by atoms with E-state index in [9.17, 15) is 0 Å². The van der Waals surface area contributed by atoms with Gasteiger partial charge in [0.2, 0.25) is 0 Å². The van der Waals surface area contributed by atoms with Gasteiger partial charge >= 0.3 is 0 Å². The van der Waals surface area contributed by atoms with Gasteiger partial charge < -0.3 is 5.32 Å². The van der Waals surface area contributed by atoms with Gasteiger partial charge in [-0.25, -0.2) is 15.0 Å². The van der Waals surface area contributed by atoms with Crippen LogP contribution in [0.25, 0.3) is 11.5 Å². The van der Waals surface area contributed by atoms with Gasteiger partial charge in [0.1, 0.15) is 11.5 Å². The highest BCUT2D eigenvalue weighted by atomic mass is 79.9. The largest absolute Gasteiger partial charge is 0.369 e. The molecule has 0 saturated heterocycles. The zero-order chi connectivity index (χ0) is 11.4. The molecule has 2 heterocycles. The number of nitrogens with one attached hydrogen (secondary N) is 1. The van der Waals surface area contributed by atoms with Crippen molar-refractivity contribution in [3.05, 3.63) is 29.3 Å². The van der Waals surface area contributed by atoms with E-state index in [1.54, 1.807) is 24.8 Å². The Hall–Kier alpha value is -1.56. The van der Waals surface area contributed by atoms with Crippen LogP contribution in [0.2, 0.25) is 0 Å². The Labute approximate surface area is 102 Å². The van der Waals surface area contributed by atoms with Crippen LogP contribution in [-0.4, -0.2) is 26.5 Å². The van der Waals surface area contributed by atoms with Gasteiger partial charge in [-0.15, -0.1) is 0 Å². The zero-order valence-corrected chi connectivity index (χ0v) is 10.3. The highest BCUT2D eigenvalue weighted by Gasteiger charge is 2.06. The van der Waals surface area contributed by atoms with Crippen molar-refractivity contribution in [3.63, 3.8) is 0 Å². The summed E-state index contributed by atoms with van der Waals surface area (Å²) in [6.45, 7) is 2.81. The third-order valence-electron chi connectivity index (χ3n) is 1.88. The van der Waals surface area contributed by atoms with Gasteiger partial charge in [-0.2, -0.15) is 0 Å². The molecule has 6 heteroatoms. The lowest BCUT2D eigenvalue weighted by Gasteiger charge is -2.06. The first-order chi connectivity index (χ1) is 7.81. The van der Waals surface area contributed by atoms with Crippen LogP contribution in [0.15, 0.2) is 29.3 Å². The fourth-order valence-corrected chi connectivity index (χ4v) is 1.53. The molecular weight excluding hydrogens is 270 g/mol. The summed E-state index contributed by atoms with van der Waals surface area (Å²) in [6.07, 6.45) is 6.58. The number of anilines is 1. The molecule has 0 aliphatic rings. The number of hydrogen-bond donors (Lipinski definition) is 1. The van der Waals surface area contributed by atoms with Crippen LogP contribution in [0, 0.1) is 0 Å². The maximum atomic E-state index is 4.36. The number of halogens is 1. The molecule has 2 aromatic rings. The van der Waals surface area contributed by atoms with Crippen molar-refractivity contribution in [1.82, 2.24) is 19.9 Å². The van der Waals surface area contributed by atoms with Gasteiger partial charge in [-0.3, -0.25) is 4.98 Å². The molecule has 2 aromatic heterocycles. The fourth-order valence-electron chi connectivity index (χ4n) is 1.20. The second-order valence-corrected chi connectivity index (χ2v) is 3.87. The Morgan fingerprint density at radius 1 is 1.25 bits per heavy atom. The Bertz CT molecular complexity index is 474. The van der Waals surface area contributed by atoms with Crippen molar-refractivity contribution in [3.8, 4) is 11.5 Å². The summed E-state index contributed by atoms with van der Waals surface area (Å²) >= 11 is 3.38. The highest BCUT2D eigenvalue weighted by molar-refractivity contribution is 9.10. The number of rotatable bonds is 3. The van der Waals surface area contributed by atoms with Crippen LogP contribution in [0.5, 0.6) is 0 Å². The van der Waals surface area contributed by atoms with Crippen LogP contribution in [0.3, 0.4) is 0 Å². The Balaban J connectivity index is 2.40. The van der Waals surface area contributed by atoms with Crippen molar-refractivity contribution in [2.75, 3.05) is 11.9 Å². The average Bonchev–Trinajstić information content (AvgIpc) is 2.33. The first-order valence-electron chi connectivity index (χ1n) is 4.84. The topological polar surface area (TPSA) is 63.6 Å². The lowest BCUT2D eigenvalue weighted by Crippen LogP contribution is -2.02. The Morgan fingerprint density at radius 3 is 2.81 bits per heavy atom. The minimum absolute atomic E-state index is 0.562. The lowest BCUT2D eigenvalue weighted by molar-refractivity contribution is 1.08. The van der Waals surface area contributed by atoms with E-state index in [0.29, 0.717) is 11.5 Å². The molecule has 0 bridgehead atoms. The maximum absolute atomic E-state index is 4.36. The van der Waals surface area contributed by atoms with Crippen LogP contribution in [0.1, 0.15) is 6.92 Å². The average molecular weight is 280 g/mol. The molecule has 0 saturated carbocycles. The van der Waals surface area contributed by atoms with Gasteiger partial charge in [0.15, 0.2) is 5.82 Å². The van der Waals surface area contributed by atoms with Crippen molar-refractivity contribution in [1.29, 1.82) is 0 Å². The van der Waals surface area contributed by atoms with E-state index < -0.39 is 0 Å². The molecular formula is C10H10BrN5. The van der Waals surface area contributed by atoms with Crippen molar-refractivity contribution >= 4 is 21.7 Å². The van der Waals surface area contributed by atoms with Crippen LogP contribution in [-0.2, 0) is 0 Å². The van der Waals surface area contributed by atoms with Crippen molar-refractivity contribution < 1.29 is 0 Å². The standard InChI is InChI=1S/C10H10BrN5/c1-2-13-9-7(11)5-15-10(16-9)8-6-12-3-4-14-8/h3-6H,2H2,1H3,(H,13,15,16). The molecule has 82 valence electrons. The molecule has 0 atom stereocenters. The van der Waals surface area contributed by atoms with E-state index >= 15 is 0 Å². The minimum Gasteiger partial charge on any atom is -0.369 e. The molecule has 1 N–H and O–H groups in total. The van der Waals surface area contributed by atoms with Gasteiger partial charge in [-0.1, -0.05) is 0 Å². The van der Waals surface area contributed by atoms with Gasteiger partial charge in [0.25, 0.3) is 0 Å². The van der Waals surface area contributed by atoms with Crippen molar-refractivity contribution in [2.24, 2.45) is 0 Å². The second kappa shape index (κ2) is 4.98. The summed E-state index contributed by atoms with van der Waals surface area (Å²) in [4.78, 5) is 16.7. The van der Waals surface area contributed by atoms with E-state index in [0.717, 1.165) is 16.8 Å². The summed E-state index contributed by atoms with van der Waals surface area (Å²) in [5.74, 6) is 1.32. The number of hydrogen-bond acceptors (Lipinski definition) is 5. The third-order valence-corrected chi connectivity index (χ3v) is 2.46. The molecule has 0 amide bonds. The third kappa shape index (κ3) is 2.33. The monoisotopic (exact) mass is 279 g/mol. The van der Waals surface area contributed by atoms with E-state index in [-0.39, 0.29) is 0 Å². The number of aromatic nitrogens is 4. The smallest absolute Gasteiger partial charge is 0.181 e. The molecule has 0 fully saturated rings. The quantitative estimate of drug-likeness (QED) is 0.933. The first kappa shape index (κ1) is 10.9. The molecule has 2 rings (SSSR count). The normalized spacial score (nSPS) is 10.1. The summed E-state index contributed by atoms with van der Waals surface area (Å²) in [6, 6.07) is 0. The zero-order valence-electron chi connectivity index (χ0n) is 8.68. The summed E-state index contributed by atoms with van der Waals surface area (Å²) in [5, 5.41) is 3.14. The maximum Gasteiger partial charge on any atom is 0.181 e. The van der Waals surface area contributed by atoms with E-state index in [1.165, 1.54) is 0 Å². The Kier molecular flexibility index (Phi) is 3.40. The molecule has 0 aliphatic heterocycles. The second-order valence-electron chi connectivity index (χ2n) is 3.01. The molecule has 0 unspecified atom stereocenters. The SMILES string of the molecule is CCNc1nc(-c2cnccn2)ncc1Br. The van der Waals surface area contributed by atoms with E-state index in [2.05, 4.69) is 41.2 Å². The summed E-state index contributed by atoms with van der Waals surface area (Å²) in [7, 11) is 0. The number of nitrogens with zero attached hydrogens (tertiary/aromatic N) is 4. The highest BCUT2D eigenvalue weighted by Crippen LogP contribution is 2.21. The van der Waals surface area contributed by atoms with E-state index in [4.69, 9.17) is 0 Å². The van der Waals surface area contributed by atoms with Crippen LogP contribution in [0.4, 0.5) is 5.82 Å². The molecule has 16 heavy (non-hydrogen) atoms. The summed E-state index contributed by atoms with van der Waals surface area (Å²) < 4.78 is 0.835. The Morgan fingerprint density at radius 2 is 2.12 bits per heavy atom. The fraction of sp³-hybridized carbons (Fsp3) is 0.200. The predicted molar refractivity (Wildman–Crippen MR) is 64.9 cm³/mol. The predicted octanol–water partition coefficient (Wildman–Crippen LogP) is 2.13. The lowest BCUT2D eigenvalue weighted by atomic mass is 10.4. The molecule has 5 nitrogen and oxygen atoms in total. The van der Waals surface area contributed by atoms with E-state index in [1.807, 2.05) is 6.92 Å². The van der Waals surface area contributed by atoms with Crippen molar-refractivity contribution in [2.45, 2.75) is 6.92 Å². The van der Waals surface area contributed by atoms with Crippen LogP contribution >= 0.6 is 15.9 Å². The van der Waals surface area contributed by atoms with Gasteiger partial charge in [0.05, 0.1) is 10.7 Å². The van der Waals surface area contributed by atoms with Crippen LogP contribution < -0.4 is 5.32 Å². The first-order valence-corrected chi connectivity index (χ1v) is 5.63.